The van der Waals surface area contributed by atoms with Gasteiger partial charge in [0.1, 0.15) is 11.3 Å². The van der Waals surface area contributed by atoms with Gasteiger partial charge in [-0.1, -0.05) is 0 Å². The number of imidazole rings is 1. The first-order chi connectivity index (χ1) is 10.3. The van der Waals surface area contributed by atoms with Crippen molar-refractivity contribution in [2.45, 2.75) is 13.5 Å². The normalized spacial score (nSPS) is 10.5. The molecule has 3 aromatic rings. The lowest BCUT2D eigenvalue weighted by Crippen LogP contribution is -2.12. The lowest BCUT2D eigenvalue weighted by Gasteiger charge is -2.08. The fraction of sp³-hybridized carbons (Fsp3) is 0.250. The van der Waals surface area contributed by atoms with E-state index < -0.39 is 0 Å². The number of hydrogen-bond donors (Lipinski definition) is 2. The van der Waals surface area contributed by atoms with Gasteiger partial charge < -0.3 is 10.6 Å². The molecule has 9 heteroatoms. The lowest BCUT2D eigenvalue weighted by molar-refractivity contribution is 0.885. The Morgan fingerprint density at radius 3 is 2.67 bits per heavy atom. The first-order valence-corrected chi connectivity index (χ1v) is 7.33. The van der Waals surface area contributed by atoms with E-state index in [9.17, 15) is 0 Å². The Morgan fingerprint density at radius 2 is 2.00 bits per heavy atom. The second-order valence-corrected chi connectivity index (χ2v) is 5.04. The average molecular weight is 302 g/mol. The maximum atomic E-state index is 4.38. The van der Waals surface area contributed by atoms with Crippen LogP contribution in [0.15, 0.2) is 30.3 Å². The molecule has 0 aliphatic rings. The van der Waals surface area contributed by atoms with Crippen molar-refractivity contribution in [2.75, 3.05) is 17.2 Å². The van der Waals surface area contributed by atoms with Gasteiger partial charge in [0.2, 0.25) is 17.8 Å². The number of nitrogens with one attached hydrogen (secondary N) is 2. The van der Waals surface area contributed by atoms with E-state index >= 15 is 0 Å². The Morgan fingerprint density at radius 1 is 1.14 bits per heavy atom. The molecule has 21 heavy (non-hydrogen) atoms. The Kier molecular flexibility index (Phi) is 4.01. The number of thiazole rings is 1. The van der Waals surface area contributed by atoms with Gasteiger partial charge >= 0.3 is 0 Å². The summed E-state index contributed by atoms with van der Waals surface area (Å²) in [4.78, 5) is 21.3. The average Bonchev–Trinajstić information content (AvgIpc) is 3.19. The molecule has 3 rings (SSSR count). The zero-order valence-electron chi connectivity index (χ0n) is 11.4. The molecule has 0 bridgehead atoms. The number of nitrogens with zero attached hydrogens (tertiary/aromatic N) is 6. The summed E-state index contributed by atoms with van der Waals surface area (Å²) in [6.07, 6.45) is 6.89. The van der Waals surface area contributed by atoms with Gasteiger partial charge in [-0.05, 0) is 6.92 Å². The SMILES string of the molecule is CCNc1nc(NCc2nccs2)nc(-n2ccnc2)n1. The predicted octanol–water partition coefficient (Wildman–Crippen LogP) is 1.56. The third-order valence-electron chi connectivity index (χ3n) is 2.58. The molecule has 0 spiro atoms. The van der Waals surface area contributed by atoms with Crippen molar-refractivity contribution < 1.29 is 0 Å². The van der Waals surface area contributed by atoms with Crippen molar-refractivity contribution in [3.05, 3.63) is 35.3 Å². The summed E-state index contributed by atoms with van der Waals surface area (Å²) in [6, 6.07) is 0. The summed E-state index contributed by atoms with van der Waals surface area (Å²) >= 11 is 1.58. The molecule has 0 amide bonds. The van der Waals surface area contributed by atoms with Crippen molar-refractivity contribution in [3.8, 4) is 5.95 Å². The lowest BCUT2D eigenvalue weighted by atomic mass is 10.6. The Balaban J connectivity index is 1.84. The first-order valence-electron chi connectivity index (χ1n) is 6.45. The van der Waals surface area contributed by atoms with Crippen LogP contribution in [0.3, 0.4) is 0 Å². The largest absolute Gasteiger partial charge is 0.354 e. The summed E-state index contributed by atoms with van der Waals surface area (Å²) < 4.78 is 1.73. The minimum Gasteiger partial charge on any atom is -0.354 e. The number of rotatable bonds is 6. The van der Waals surface area contributed by atoms with E-state index in [2.05, 4.69) is 35.6 Å². The number of hydrogen-bond acceptors (Lipinski definition) is 8. The van der Waals surface area contributed by atoms with Crippen LogP contribution in [0.25, 0.3) is 5.95 Å². The second-order valence-electron chi connectivity index (χ2n) is 4.06. The molecule has 0 atom stereocenters. The summed E-state index contributed by atoms with van der Waals surface area (Å²) in [5, 5.41) is 9.17. The molecule has 3 aromatic heterocycles. The standard InChI is InChI=1S/C12H14N8S/c1-2-14-10-17-11(16-7-9-15-4-6-21-9)19-12(18-10)20-5-3-13-8-20/h3-6,8H,2,7H2,1H3,(H2,14,16,17,18,19). The van der Waals surface area contributed by atoms with Crippen LogP contribution in [0.1, 0.15) is 11.9 Å². The molecule has 0 saturated heterocycles. The molecule has 0 aliphatic carbocycles. The second kappa shape index (κ2) is 6.27. The molecule has 0 saturated carbocycles. The van der Waals surface area contributed by atoms with Gasteiger partial charge in [0.25, 0.3) is 0 Å². The molecule has 0 aliphatic heterocycles. The third kappa shape index (κ3) is 3.31. The summed E-state index contributed by atoms with van der Waals surface area (Å²) in [6.45, 7) is 3.30. The van der Waals surface area contributed by atoms with Crippen molar-refractivity contribution in [2.24, 2.45) is 0 Å². The number of aromatic nitrogens is 6. The van der Waals surface area contributed by atoms with Crippen molar-refractivity contribution in [1.82, 2.24) is 29.5 Å². The molecular formula is C12H14N8S. The monoisotopic (exact) mass is 302 g/mol. The fourth-order valence-corrected chi connectivity index (χ4v) is 2.22. The van der Waals surface area contributed by atoms with Crippen molar-refractivity contribution in [1.29, 1.82) is 0 Å². The van der Waals surface area contributed by atoms with Crippen LogP contribution in [0, 0.1) is 0 Å². The minimum atomic E-state index is 0.500. The summed E-state index contributed by atoms with van der Waals surface area (Å²) in [5.74, 6) is 1.54. The van der Waals surface area contributed by atoms with E-state index in [0.717, 1.165) is 11.6 Å². The van der Waals surface area contributed by atoms with Crippen LogP contribution in [0.5, 0.6) is 0 Å². The molecule has 108 valence electrons. The van der Waals surface area contributed by atoms with Gasteiger partial charge in [0, 0.05) is 30.5 Å². The topological polar surface area (TPSA) is 93.4 Å². The van der Waals surface area contributed by atoms with Crippen LogP contribution in [-0.4, -0.2) is 36.0 Å². The molecule has 2 N–H and O–H groups in total. The van der Waals surface area contributed by atoms with Gasteiger partial charge in [0.15, 0.2) is 0 Å². The fourth-order valence-electron chi connectivity index (χ4n) is 1.67. The first kappa shape index (κ1) is 13.4. The molecule has 0 aromatic carbocycles. The Bertz CT molecular complexity index is 679. The van der Waals surface area contributed by atoms with Gasteiger partial charge in [-0.2, -0.15) is 15.0 Å². The van der Waals surface area contributed by atoms with Crippen LogP contribution in [0.4, 0.5) is 11.9 Å². The molecule has 0 radical (unpaired) electrons. The Labute approximate surface area is 125 Å². The van der Waals surface area contributed by atoms with E-state index in [0.29, 0.717) is 24.4 Å². The number of anilines is 2. The van der Waals surface area contributed by atoms with Crippen LogP contribution >= 0.6 is 11.3 Å². The minimum absolute atomic E-state index is 0.500. The van der Waals surface area contributed by atoms with E-state index in [-0.39, 0.29) is 0 Å². The van der Waals surface area contributed by atoms with Crippen LogP contribution in [0.2, 0.25) is 0 Å². The molecule has 0 unspecified atom stereocenters. The third-order valence-corrected chi connectivity index (χ3v) is 3.35. The highest BCUT2D eigenvalue weighted by Gasteiger charge is 2.08. The molecule has 8 nitrogen and oxygen atoms in total. The van der Waals surface area contributed by atoms with Crippen molar-refractivity contribution >= 4 is 23.2 Å². The highest BCUT2D eigenvalue weighted by atomic mass is 32.1. The van der Waals surface area contributed by atoms with Crippen LogP contribution in [-0.2, 0) is 6.54 Å². The zero-order chi connectivity index (χ0) is 14.5. The van der Waals surface area contributed by atoms with Crippen LogP contribution < -0.4 is 10.6 Å². The van der Waals surface area contributed by atoms with Gasteiger partial charge in [-0.15, -0.1) is 11.3 Å². The maximum absolute atomic E-state index is 4.38. The van der Waals surface area contributed by atoms with E-state index in [1.165, 1.54) is 0 Å². The molecular weight excluding hydrogens is 288 g/mol. The van der Waals surface area contributed by atoms with E-state index in [1.807, 2.05) is 12.3 Å². The summed E-state index contributed by atoms with van der Waals surface area (Å²) in [5.41, 5.74) is 0. The quantitative estimate of drug-likeness (QED) is 0.713. The van der Waals surface area contributed by atoms with E-state index in [1.54, 1.807) is 40.8 Å². The smallest absolute Gasteiger partial charge is 0.241 e. The van der Waals surface area contributed by atoms with Gasteiger partial charge in [0.05, 0.1) is 6.54 Å². The highest BCUT2D eigenvalue weighted by Crippen LogP contribution is 2.11. The van der Waals surface area contributed by atoms with Gasteiger partial charge in [-0.3, -0.25) is 4.57 Å². The molecule has 0 fully saturated rings. The van der Waals surface area contributed by atoms with E-state index in [4.69, 9.17) is 0 Å². The highest BCUT2D eigenvalue weighted by molar-refractivity contribution is 7.09. The van der Waals surface area contributed by atoms with Gasteiger partial charge in [-0.25, -0.2) is 9.97 Å². The maximum Gasteiger partial charge on any atom is 0.241 e. The zero-order valence-corrected chi connectivity index (χ0v) is 12.2. The predicted molar refractivity (Wildman–Crippen MR) is 80.6 cm³/mol. The molecule has 3 heterocycles. The Hall–Kier alpha value is -2.55. The summed E-state index contributed by atoms with van der Waals surface area (Å²) in [7, 11) is 0. The van der Waals surface area contributed by atoms with Crippen molar-refractivity contribution in [3.63, 3.8) is 0 Å².